The van der Waals surface area contributed by atoms with Crippen LogP contribution in [0.25, 0.3) is 43.8 Å². The standard InChI is InChI=1S/C38H23O2P/c1-2-9-24(10-3-1)27-13-8-14-28(23-27)31-19-20-32-38-37(31)40-36-30-16-7-5-12-26(30)18-22-34(36)41(38)33-21-17-25-11-4-6-15-29(25)35(33)39-32/h1-23H. The van der Waals surface area contributed by atoms with Gasteiger partial charge in [0.25, 0.3) is 0 Å². The largest absolute Gasteiger partial charge is 0.455 e. The first-order chi connectivity index (χ1) is 20.3. The van der Waals surface area contributed by atoms with E-state index in [4.69, 9.17) is 9.47 Å². The predicted molar refractivity (Wildman–Crippen MR) is 171 cm³/mol. The van der Waals surface area contributed by atoms with Gasteiger partial charge in [0.2, 0.25) is 0 Å². The Bertz CT molecular complexity index is 2160. The van der Waals surface area contributed by atoms with Crippen LogP contribution in [0.5, 0.6) is 23.0 Å². The number of fused-ring (bicyclic) bond motifs is 8. The number of hydrogen-bond donors (Lipinski definition) is 0. The summed E-state index contributed by atoms with van der Waals surface area (Å²) in [4.78, 5) is 0. The first-order valence-corrected chi connectivity index (χ1v) is 15.2. The molecule has 2 aliphatic rings. The van der Waals surface area contributed by atoms with Crippen molar-refractivity contribution in [3.63, 3.8) is 0 Å². The molecule has 192 valence electrons. The first kappa shape index (κ1) is 22.9. The molecule has 2 heterocycles. The van der Waals surface area contributed by atoms with Gasteiger partial charge in [0.1, 0.15) is 23.0 Å². The third kappa shape index (κ3) is 3.41. The van der Waals surface area contributed by atoms with E-state index in [1.54, 1.807) is 0 Å². The maximum absolute atomic E-state index is 7.01. The second-order valence-corrected chi connectivity index (χ2v) is 12.6. The van der Waals surface area contributed by atoms with E-state index in [9.17, 15) is 0 Å². The average Bonchev–Trinajstić information content (AvgIpc) is 3.05. The summed E-state index contributed by atoms with van der Waals surface area (Å²) in [5.74, 6) is 3.71. The highest BCUT2D eigenvalue weighted by Gasteiger charge is 2.39. The Morgan fingerprint density at radius 3 is 1.76 bits per heavy atom. The molecule has 2 aliphatic heterocycles. The van der Waals surface area contributed by atoms with E-state index in [2.05, 4.69) is 140 Å². The van der Waals surface area contributed by atoms with Crippen molar-refractivity contribution >= 4 is 45.4 Å². The van der Waals surface area contributed by atoms with Crippen LogP contribution in [0.3, 0.4) is 0 Å². The van der Waals surface area contributed by atoms with Crippen LogP contribution in [0.1, 0.15) is 0 Å². The minimum Gasteiger partial charge on any atom is -0.455 e. The monoisotopic (exact) mass is 542 g/mol. The number of ether oxygens (including phenoxy) is 2. The zero-order valence-electron chi connectivity index (χ0n) is 22.0. The Kier molecular flexibility index (Phi) is 4.90. The van der Waals surface area contributed by atoms with Crippen LogP contribution >= 0.6 is 7.92 Å². The van der Waals surface area contributed by atoms with Gasteiger partial charge in [-0.1, -0.05) is 109 Å². The highest BCUT2D eigenvalue weighted by molar-refractivity contribution is 7.80. The summed E-state index contributed by atoms with van der Waals surface area (Å²) in [7, 11) is -0.906. The van der Waals surface area contributed by atoms with Crippen molar-refractivity contribution < 1.29 is 9.47 Å². The lowest BCUT2D eigenvalue weighted by atomic mass is 9.98. The summed E-state index contributed by atoms with van der Waals surface area (Å²) in [6.45, 7) is 0. The molecular weight excluding hydrogens is 519 g/mol. The molecule has 2 nitrogen and oxygen atoms in total. The van der Waals surface area contributed by atoms with Crippen LogP contribution in [-0.4, -0.2) is 0 Å². The fourth-order valence-electron chi connectivity index (χ4n) is 6.29. The normalized spacial score (nSPS) is 14.5. The molecule has 0 radical (unpaired) electrons. The van der Waals surface area contributed by atoms with Crippen LogP contribution in [0.2, 0.25) is 0 Å². The molecule has 1 unspecified atom stereocenters. The average molecular weight is 543 g/mol. The van der Waals surface area contributed by atoms with Crippen LogP contribution < -0.4 is 25.4 Å². The van der Waals surface area contributed by atoms with E-state index >= 15 is 0 Å². The molecule has 7 aromatic carbocycles. The van der Waals surface area contributed by atoms with Gasteiger partial charge >= 0.3 is 0 Å². The fraction of sp³-hybridized carbons (Fsp3) is 0. The molecule has 0 aromatic heterocycles. The van der Waals surface area contributed by atoms with E-state index in [1.807, 2.05) is 0 Å². The Balaban J connectivity index is 1.33. The fourth-order valence-corrected chi connectivity index (χ4v) is 8.92. The zero-order chi connectivity index (χ0) is 26.9. The van der Waals surface area contributed by atoms with Crippen molar-refractivity contribution in [2.75, 3.05) is 0 Å². The second-order valence-electron chi connectivity index (χ2n) is 10.5. The van der Waals surface area contributed by atoms with Gasteiger partial charge in [-0.2, -0.15) is 0 Å². The topological polar surface area (TPSA) is 18.5 Å². The van der Waals surface area contributed by atoms with Crippen molar-refractivity contribution in [2.45, 2.75) is 0 Å². The Morgan fingerprint density at radius 1 is 0.415 bits per heavy atom. The highest BCUT2D eigenvalue weighted by atomic mass is 31.1. The van der Waals surface area contributed by atoms with Gasteiger partial charge in [0.05, 0.1) is 5.30 Å². The summed E-state index contributed by atoms with van der Waals surface area (Å²) in [5, 5.41) is 8.29. The van der Waals surface area contributed by atoms with Crippen molar-refractivity contribution in [1.29, 1.82) is 0 Å². The molecule has 9 rings (SSSR count). The third-order valence-corrected chi connectivity index (χ3v) is 10.8. The lowest BCUT2D eigenvalue weighted by Crippen LogP contribution is -2.32. The summed E-state index contributed by atoms with van der Waals surface area (Å²) >= 11 is 0. The van der Waals surface area contributed by atoms with Gasteiger partial charge in [-0.25, -0.2) is 0 Å². The molecular formula is C38H23O2P. The third-order valence-electron chi connectivity index (χ3n) is 8.21. The lowest BCUT2D eigenvalue weighted by molar-refractivity contribution is 0.473. The molecule has 0 saturated heterocycles. The number of benzene rings is 7. The molecule has 3 heteroatoms. The molecule has 7 aromatic rings. The SMILES string of the molecule is c1ccc(-c2cccc(-c3ccc4c5c3Oc3c(ccc6ccccc36)P5c3ccc5ccccc5c3O4)c2)cc1. The van der Waals surface area contributed by atoms with Crippen LogP contribution in [0.15, 0.2) is 140 Å². The Morgan fingerprint density at radius 2 is 1.02 bits per heavy atom. The van der Waals surface area contributed by atoms with Crippen molar-refractivity contribution in [1.82, 2.24) is 0 Å². The quantitative estimate of drug-likeness (QED) is 0.203. The van der Waals surface area contributed by atoms with Crippen molar-refractivity contribution in [3.8, 4) is 45.3 Å². The summed E-state index contributed by atoms with van der Waals surface area (Å²) < 4.78 is 13.8. The molecule has 0 amide bonds. The highest BCUT2D eigenvalue weighted by Crippen LogP contribution is 2.56. The minimum atomic E-state index is -0.906. The maximum Gasteiger partial charge on any atom is 0.147 e. The molecule has 1 atom stereocenters. The maximum atomic E-state index is 7.01. The van der Waals surface area contributed by atoms with Gasteiger partial charge < -0.3 is 9.47 Å². The molecule has 41 heavy (non-hydrogen) atoms. The lowest BCUT2D eigenvalue weighted by Gasteiger charge is -2.36. The van der Waals surface area contributed by atoms with Crippen molar-refractivity contribution in [2.24, 2.45) is 0 Å². The van der Waals surface area contributed by atoms with Crippen LogP contribution in [0, 0.1) is 0 Å². The van der Waals surface area contributed by atoms with Gasteiger partial charge in [-0.3, -0.25) is 0 Å². The van der Waals surface area contributed by atoms with E-state index < -0.39 is 7.92 Å². The Hall–Kier alpha value is -4.91. The first-order valence-electron chi connectivity index (χ1n) is 13.9. The number of hydrogen-bond acceptors (Lipinski definition) is 2. The summed E-state index contributed by atoms with van der Waals surface area (Å²) in [5.41, 5.74) is 4.60. The molecule has 0 bridgehead atoms. The Labute approximate surface area is 239 Å². The van der Waals surface area contributed by atoms with Gasteiger partial charge in [-0.05, 0) is 57.8 Å². The predicted octanol–water partition coefficient (Wildman–Crippen LogP) is 9.30. The van der Waals surface area contributed by atoms with Gasteiger partial charge in [-0.15, -0.1) is 0 Å². The van der Waals surface area contributed by atoms with Gasteiger partial charge in [0.15, 0.2) is 0 Å². The molecule has 0 fully saturated rings. The number of rotatable bonds is 2. The van der Waals surface area contributed by atoms with E-state index in [0.717, 1.165) is 50.2 Å². The van der Waals surface area contributed by atoms with E-state index in [0.29, 0.717) is 0 Å². The molecule has 0 spiro atoms. The molecule has 0 N–H and O–H groups in total. The van der Waals surface area contributed by atoms with E-state index in [-0.39, 0.29) is 0 Å². The van der Waals surface area contributed by atoms with Gasteiger partial charge in [0, 0.05) is 34.9 Å². The summed E-state index contributed by atoms with van der Waals surface area (Å²) in [6.07, 6.45) is 0. The zero-order valence-corrected chi connectivity index (χ0v) is 22.9. The van der Waals surface area contributed by atoms with Crippen LogP contribution in [0.4, 0.5) is 0 Å². The second kappa shape index (κ2) is 8.80. The summed E-state index contributed by atoms with van der Waals surface area (Å²) in [6, 6.07) is 49.6. The smallest absolute Gasteiger partial charge is 0.147 e. The molecule has 0 aliphatic carbocycles. The molecule has 0 saturated carbocycles. The van der Waals surface area contributed by atoms with E-state index in [1.165, 1.54) is 32.5 Å². The minimum absolute atomic E-state index is 0.886. The van der Waals surface area contributed by atoms with Crippen LogP contribution in [-0.2, 0) is 0 Å². The van der Waals surface area contributed by atoms with Crippen molar-refractivity contribution in [3.05, 3.63) is 140 Å².